The molecule has 0 spiro atoms. The zero-order valence-electron chi connectivity index (χ0n) is 14.7. The molecule has 7 heteroatoms. The highest BCUT2D eigenvalue weighted by Crippen LogP contribution is 2.10. The summed E-state index contributed by atoms with van der Waals surface area (Å²) in [6, 6.07) is 3.62. The average molecular weight is 353 g/mol. The van der Waals surface area contributed by atoms with Crippen molar-refractivity contribution in [1.29, 1.82) is 0 Å². The van der Waals surface area contributed by atoms with E-state index in [9.17, 15) is 9.59 Å². The van der Waals surface area contributed by atoms with Crippen LogP contribution in [0.1, 0.15) is 23.0 Å². The number of piperazine rings is 1. The van der Waals surface area contributed by atoms with Gasteiger partial charge in [0.1, 0.15) is 0 Å². The summed E-state index contributed by atoms with van der Waals surface area (Å²) < 4.78 is 0. The number of hydrogen-bond donors (Lipinski definition) is 1. The largest absolute Gasteiger partial charge is 0.355 e. The van der Waals surface area contributed by atoms with Crippen LogP contribution >= 0.6 is 11.3 Å². The smallest absolute Gasteiger partial charge is 0.264 e. The fourth-order valence-corrected chi connectivity index (χ4v) is 3.51. The van der Waals surface area contributed by atoms with Crippen LogP contribution in [0, 0.1) is 0 Å². The van der Waals surface area contributed by atoms with Gasteiger partial charge in [0.15, 0.2) is 0 Å². The molecule has 1 N–H and O–H groups in total. The number of carbonyl (C=O) groups is 2. The third-order valence-electron chi connectivity index (χ3n) is 4.34. The van der Waals surface area contributed by atoms with Crippen molar-refractivity contribution in [2.24, 2.45) is 0 Å². The lowest BCUT2D eigenvalue weighted by atomic mass is 10.3. The second kappa shape index (κ2) is 9.76. The highest BCUT2D eigenvalue weighted by Gasteiger charge is 2.16. The number of hydrogen-bond acceptors (Lipinski definition) is 5. The minimum Gasteiger partial charge on any atom is -0.355 e. The zero-order chi connectivity index (χ0) is 17.4. The molecule has 0 unspecified atom stereocenters. The summed E-state index contributed by atoms with van der Waals surface area (Å²) in [7, 11) is 1.66. The molecule has 0 aromatic carbocycles. The predicted molar refractivity (Wildman–Crippen MR) is 97.5 cm³/mol. The van der Waals surface area contributed by atoms with Gasteiger partial charge in [-0.05, 0) is 31.0 Å². The number of thiophene rings is 1. The van der Waals surface area contributed by atoms with Gasteiger partial charge in [-0.25, -0.2) is 0 Å². The van der Waals surface area contributed by atoms with Crippen LogP contribution in [0.25, 0.3) is 0 Å². The Labute approximate surface area is 148 Å². The van der Waals surface area contributed by atoms with E-state index in [-0.39, 0.29) is 18.4 Å². The maximum Gasteiger partial charge on any atom is 0.264 e. The van der Waals surface area contributed by atoms with Crippen molar-refractivity contribution in [3.63, 3.8) is 0 Å². The Morgan fingerprint density at radius 2 is 1.96 bits per heavy atom. The van der Waals surface area contributed by atoms with Gasteiger partial charge in [-0.2, -0.15) is 0 Å². The molecule has 24 heavy (non-hydrogen) atoms. The van der Waals surface area contributed by atoms with Crippen LogP contribution in [0.4, 0.5) is 0 Å². The molecule has 2 rings (SSSR count). The Morgan fingerprint density at radius 1 is 1.25 bits per heavy atom. The first-order chi connectivity index (χ1) is 11.6. The van der Waals surface area contributed by atoms with Gasteiger partial charge in [-0.1, -0.05) is 13.0 Å². The molecule has 2 heterocycles. The van der Waals surface area contributed by atoms with E-state index in [4.69, 9.17) is 0 Å². The average Bonchev–Trinajstić information content (AvgIpc) is 3.13. The van der Waals surface area contributed by atoms with E-state index in [2.05, 4.69) is 22.0 Å². The highest BCUT2D eigenvalue weighted by molar-refractivity contribution is 7.12. The topological polar surface area (TPSA) is 55.9 Å². The maximum atomic E-state index is 12.1. The number of nitrogens with zero attached hydrogens (tertiary/aromatic N) is 3. The van der Waals surface area contributed by atoms with Crippen LogP contribution in [0.3, 0.4) is 0 Å². The molecule has 0 atom stereocenters. The summed E-state index contributed by atoms with van der Waals surface area (Å²) in [6.45, 7) is 9.60. The van der Waals surface area contributed by atoms with Crippen molar-refractivity contribution in [3.8, 4) is 0 Å². The molecule has 1 aliphatic rings. The molecule has 0 radical (unpaired) electrons. The first-order valence-corrected chi connectivity index (χ1v) is 9.48. The van der Waals surface area contributed by atoms with Gasteiger partial charge >= 0.3 is 0 Å². The first-order valence-electron chi connectivity index (χ1n) is 8.60. The minimum absolute atomic E-state index is 0.0989. The quantitative estimate of drug-likeness (QED) is 0.708. The van der Waals surface area contributed by atoms with Crippen molar-refractivity contribution in [2.45, 2.75) is 13.3 Å². The van der Waals surface area contributed by atoms with E-state index in [1.165, 1.54) is 16.2 Å². The fraction of sp³-hybridized carbons (Fsp3) is 0.647. The standard InChI is InChI=1S/C17H28N4O2S/c1-3-20-9-11-21(12-10-20)8-5-7-18-16(22)14-19(2)17(23)15-6-4-13-24-15/h4,6,13H,3,5,7-12,14H2,1-2H3,(H,18,22). The lowest BCUT2D eigenvalue weighted by molar-refractivity contribution is -0.121. The van der Waals surface area contributed by atoms with Gasteiger partial charge in [0.25, 0.3) is 5.91 Å². The van der Waals surface area contributed by atoms with Crippen LogP contribution in [-0.4, -0.2) is 85.9 Å². The predicted octanol–water partition coefficient (Wildman–Crippen LogP) is 0.964. The summed E-state index contributed by atoms with van der Waals surface area (Å²) >= 11 is 1.39. The van der Waals surface area contributed by atoms with Crippen LogP contribution in [0.2, 0.25) is 0 Å². The van der Waals surface area contributed by atoms with Gasteiger partial charge < -0.3 is 20.0 Å². The Bertz CT molecular complexity index is 513. The molecule has 134 valence electrons. The van der Waals surface area contributed by atoms with Gasteiger partial charge in [0, 0.05) is 39.8 Å². The molecule has 2 amide bonds. The maximum absolute atomic E-state index is 12.1. The van der Waals surface area contributed by atoms with Crippen LogP contribution in [-0.2, 0) is 4.79 Å². The Hall–Kier alpha value is -1.44. The van der Waals surface area contributed by atoms with Gasteiger partial charge in [-0.15, -0.1) is 11.3 Å². The van der Waals surface area contributed by atoms with E-state index < -0.39 is 0 Å². The fourth-order valence-electron chi connectivity index (χ4n) is 2.79. The number of nitrogens with one attached hydrogen (secondary N) is 1. The SMILES string of the molecule is CCN1CCN(CCCNC(=O)CN(C)C(=O)c2cccs2)CC1. The summed E-state index contributed by atoms with van der Waals surface area (Å²) in [4.78, 5) is 31.0. The molecule has 1 aromatic heterocycles. The Kier molecular flexibility index (Phi) is 7.68. The van der Waals surface area contributed by atoms with Crippen molar-refractivity contribution in [1.82, 2.24) is 20.0 Å². The van der Waals surface area contributed by atoms with Crippen molar-refractivity contribution in [2.75, 3.05) is 59.4 Å². The highest BCUT2D eigenvalue weighted by atomic mass is 32.1. The number of likely N-dealkylation sites (N-methyl/N-ethyl adjacent to an activating group) is 2. The lowest BCUT2D eigenvalue weighted by Gasteiger charge is -2.33. The molecule has 0 saturated carbocycles. The van der Waals surface area contributed by atoms with Crippen molar-refractivity contribution >= 4 is 23.2 Å². The Balaban J connectivity index is 1.57. The third-order valence-corrected chi connectivity index (χ3v) is 5.20. The van der Waals surface area contributed by atoms with E-state index in [1.54, 1.807) is 13.1 Å². The molecule has 1 fully saturated rings. The number of carbonyl (C=O) groups excluding carboxylic acids is 2. The molecular formula is C17H28N4O2S. The summed E-state index contributed by atoms with van der Waals surface area (Å²) in [5.41, 5.74) is 0. The first kappa shape index (κ1) is 18.9. The molecule has 6 nitrogen and oxygen atoms in total. The Morgan fingerprint density at radius 3 is 2.58 bits per heavy atom. The molecular weight excluding hydrogens is 324 g/mol. The minimum atomic E-state index is -0.103. The van der Waals surface area contributed by atoms with Crippen LogP contribution in [0.15, 0.2) is 17.5 Å². The second-order valence-electron chi connectivity index (χ2n) is 6.12. The molecule has 1 saturated heterocycles. The molecule has 0 aliphatic carbocycles. The summed E-state index contributed by atoms with van der Waals surface area (Å²) in [6.07, 6.45) is 0.945. The second-order valence-corrected chi connectivity index (χ2v) is 7.07. The number of rotatable bonds is 8. The molecule has 1 aliphatic heterocycles. The van der Waals surface area contributed by atoms with Crippen LogP contribution < -0.4 is 5.32 Å². The normalized spacial score (nSPS) is 16.1. The van der Waals surface area contributed by atoms with Gasteiger partial charge in [-0.3, -0.25) is 9.59 Å². The monoisotopic (exact) mass is 352 g/mol. The van der Waals surface area contributed by atoms with Crippen molar-refractivity contribution < 1.29 is 9.59 Å². The van der Waals surface area contributed by atoms with E-state index in [0.29, 0.717) is 11.4 Å². The lowest BCUT2D eigenvalue weighted by Crippen LogP contribution is -2.46. The van der Waals surface area contributed by atoms with E-state index in [1.807, 2.05) is 11.4 Å². The summed E-state index contributed by atoms with van der Waals surface area (Å²) in [5, 5.41) is 4.77. The van der Waals surface area contributed by atoms with E-state index >= 15 is 0 Å². The zero-order valence-corrected chi connectivity index (χ0v) is 15.5. The summed E-state index contributed by atoms with van der Waals surface area (Å²) in [5.74, 6) is -0.202. The van der Waals surface area contributed by atoms with Gasteiger partial charge in [0.05, 0.1) is 11.4 Å². The molecule has 0 bridgehead atoms. The van der Waals surface area contributed by atoms with Crippen LogP contribution in [0.5, 0.6) is 0 Å². The van der Waals surface area contributed by atoms with E-state index in [0.717, 1.165) is 45.7 Å². The third kappa shape index (κ3) is 5.89. The van der Waals surface area contributed by atoms with Crippen molar-refractivity contribution in [3.05, 3.63) is 22.4 Å². The number of amides is 2. The molecule has 1 aromatic rings. The van der Waals surface area contributed by atoms with Gasteiger partial charge in [0.2, 0.25) is 5.91 Å².